The van der Waals surface area contributed by atoms with E-state index in [0.29, 0.717) is 0 Å². The van der Waals surface area contributed by atoms with Crippen LogP contribution in [0.1, 0.15) is 0 Å². The molecule has 2 aliphatic carbocycles. The van der Waals surface area contributed by atoms with E-state index in [1.807, 2.05) is 0 Å². The zero-order valence-corrected chi connectivity index (χ0v) is 20.8. The van der Waals surface area contributed by atoms with Gasteiger partial charge in [-0.15, -0.1) is 0 Å². The van der Waals surface area contributed by atoms with Crippen molar-refractivity contribution >= 4 is 35.8 Å². The van der Waals surface area contributed by atoms with Crippen LogP contribution in [-0.2, 0) is 28.8 Å². The molecule has 0 aromatic carbocycles. The highest BCUT2D eigenvalue weighted by atomic mass is 16.4. The Morgan fingerprint density at radius 1 is 0.450 bits per heavy atom. The van der Waals surface area contributed by atoms with Crippen LogP contribution in [0, 0.1) is 11.8 Å². The van der Waals surface area contributed by atoms with Gasteiger partial charge in [-0.1, -0.05) is 39.5 Å². The molecule has 14 heteroatoms. The average molecular weight is 562 g/mol. The largest absolute Gasteiger partial charge is 0.481 e. The highest BCUT2D eigenvalue weighted by molar-refractivity contribution is 6.10. The monoisotopic (exact) mass is 562 g/mol. The molecular weight excluding hydrogens is 536 g/mol. The number of carbonyl (C=O) groups is 6. The van der Waals surface area contributed by atoms with Crippen molar-refractivity contribution in [2.75, 3.05) is 13.2 Å². The van der Waals surface area contributed by atoms with Crippen LogP contribution < -0.4 is 0 Å². The maximum atomic E-state index is 11.1. The van der Waals surface area contributed by atoms with Crippen LogP contribution in [-0.4, -0.2) is 89.9 Å². The summed E-state index contributed by atoms with van der Waals surface area (Å²) in [6.45, 7) is 20.1. The number of carboxylic acid groups (broad SMARTS) is 6. The normalized spacial score (nSPS) is 18.8. The minimum Gasteiger partial charge on any atom is -0.481 e. The van der Waals surface area contributed by atoms with E-state index in [-0.39, 0.29) is 46.7 Å². The molecule has 0 aromatic heterocycles. The van der Waals surface area contributed by atoms with Crippen LogP contribution >= 0.6 is 0 Å². The van der Waals surface area contributed by atoms with E-state index >= 15 is 0 Å². The Labute approximate surface area is 226 Å². The van der Waals surface area contributed by atoms with Crippen molar-refractivity contribution in [3.05, 3.63) is 95.2 Å². The van der Waals surface area contributed by atoms with E-state index in [1.165, 1.54) is 0 Å². The molecule has 0 heterocycles. The molecule has 2 rings (SSSR count). The quantitative estimate of drug-likeness (QED) is 0.212. The summed E-state index contributed by atoms with van der Waals surface area (Å²) in [7, 11) is 0. The Hall–Kier alpha value is -5.34. The summed E-state index contributed by atoms with van der Waals surface area (Å²) in [5.74, 6) is -11.6. The van der Waals surface area contributed by atoms with Gasteiger partial charge in [0.15, 0.2) is 0 Å². The van der Waals surface area contributed by atoms with Crippen LogP contribution in [0.4, 0.5) is 0 Å². The first kappa shape index (κ1) is 34.7. The van der Waals surface area contributed by atoms with E-state index in [0.717, 1.165) is 0 Å². The van der Waals surface area contributed by atoms with Crippen LogP contribution in [0.15, 0.2) is 95.2 Å². The standard InChI is InChI=1S/2C12H10O6.C2H6O2/c2*1-4-5(2)8(11(15)16)9(12(17)18)6(3)7(4)10(13)14;3-1-2-4/h2*7H,1-3H2,(H,13,14)(H,15,16)(H,17,18);3-4H,1-2H2. The molecule has 2 aliphatic rings. The predicted molar refractivity (Wildman–Crippen MR) is 136 cm³/mol. The van der Waals surface area contributed by atoms with Gasteiger partial charge in [0.05, 0.1) is 35.5 Å². The topological polar surface area (TPSA) is 264 Å². The van der Waals surface area contributed by atoms with Crippen LogP contribution in [0.5, 0.6) is 0 Å². The average Bonchev–Trinajstić information content (AvgIpc) is 2.82. The van der Waals surface area contributed by atoms with Gasteiger partial charge in [-0.3, -0.25) is 9.59 Å². The third-order valence-corrected chi connectivity index (χ3v) is 5.36. The Morgan fingerprint density at radius 2 is 0.675 bits per heavy atom. The van der Waals surface area contributed by atoms with Crippen molar-refractivity contribution in [3.8, 4) is 0 Å². The summed E-state index contributed by atoms with van der Waals surface area (Å²) in [4.78, 5) is 66.3. The molecule has 14 nitrogen and oxygen atoms in total. The van der Waals surface area contributed by atoms with Gasteiger partial charge in [0.25, 0.3) is 0 Å². The minimum atomic E-state index is -1.56. The highest BCUT2D eigenvalue weighted by Gasteiger charge is 2.41. The molecule has 0 aliphatic heterocycles. The van der Waals surface area contributed by atoms with E-state index in [9.17, 15) is 28.8 Å². The summed E-state index contributed by atoms with van der Waals surface area (Å²) in [5.41, 5.74) is -3.64. The Morgan fingerprint density at radius 3 is 0.825 bits per heavy atom. The number of rotatable bonds is 7. The Kier molecular flexibility index (Phi) is 12.1. The fraction of sp³-hybridized carbons (Fsp3) is 0.154. The SMILES string of the molecule is C=C1C(=C)C(C(=O)O)C(=C)C(C(=O)O)=C1C(=O)O.C=C1C(=C)C(C(=O)O)C(=C)C(C(=O)O)=C1C(=O)O.OCCO. The van der Waals surface area contributed by atoms with Crippen LogP contribution in [0.2, 0.25) is 0 Å². The lowest BCUT2D eigenvalue weighted by Crippen LogP contribution is -2.29. The van der Waals surface area contributed by atoms with Gasteiger partial charge in [-0.2, -0.15) is 0 Å². The second-order valence-corrected chi connectivity index (χ2v) is 7.77. The zero-order chi connectivity index (χ0) is 31.8. The van der Waals surface area contributed by atoms with Gasteiger partial charge in [0, 0.05) is 0 Å². The Balaban J connectivity index is 0.000000671. The third kappa shape index (κ3) is 7.15. The molecule has 2 unspecified atom stereocenters. The number of hydrogen-bond acceptors (Lipinski definition) is 8. The van der Waals surface area contributed by atoms with E-state index in [1.54, 1.807) is 0 Å². The van der Waals surface area contributed by atoms with Gasteiger partial charge >= 0.3 is 35.8 Å². The Bertz CT molecular complexity index is 1230. The van der Waals surface area contributed by atoms with E-state index in [2.05, 4.69) is 39.5 Å². The van der Waals surface area contributed by atoms with Crippen molar-refractivity contribution in [3.63, 3.8) is 0 Å². The number of aliphatic hydroxyl groups excluding tert-OH is 2. The van der Waals surface area contributed by atoms with Crippen molar-refractivity contribution in [1.29, 1.82) is 0 Å². The fourth-order valence-electron chi connectivity index (χ4n) is 3.56. The second-order valence-electron chi connectivity index (χ2n) is 7.77. The summed E-state index contributed by atoms with van der Waals surface area (Å²) < 4.78 is 0. The molecule has 8 N–H and O–H groups in total. The maximum Gasteiger partial charge on any atom is 0.337 e. The molecule has 0 spiro atoms. The molecule has 0 radical (unpaired) electrons. The van der Waals surface area contributed by atoms with Crippen molar-refractivity contribution in [2.24, 2.45) is 11.8 Å². The lowest BCUT2D eigenvalue weighted by atomic mass is 9.75. The van der Waals surface area contributed by atoms with Gasteiger partial charge in [0.1, 0.15) is 11.8 Å². The fourth-order valence-corrected chi connectivity index (χ4v) is 3.56. The molecular formula is C26H26O14. The predicted octanol–water partition coefficient (Wildman–Crippen LogP) is 0.641. The van der Waals surface area contributed by atoms with Crippen molar-refractivity contribution in [1.82, 2.24) is 0 Å². The lowest BCUT2D eigenvalue weighted by Gasteiger charge is -2.27. The minimum absolute atomic E-state index is 0.0742. The molecule has 214 valence electrons. The molecule has 0 fully saturated rings. The summed E-state index contributed by atoms with van der Waals surface area (Å²) in [5, 5.41) is 69.2. The summed E-state index contributed by atoms with van der Waals surface area (Å²) >= 11 is 0. The molecule has 40 heavy (non-hydrogen) atoms. The van der Waals surface area contributed by atoms with Crippen LogP contribution in [0.3, 0.4) is 0 Å². The number of aliphatic carboxylic acids is 6. The second kappa shape index (κ2) is 14.0. The van der Waals surface area contributed by atoms with E-state index < -0.39 is 69.9 Å². The first-order chi connectivity index (χ1) is 18.3. The highest BCUT2D eigenvalue weighted by Crippen LogP contribution is 2.41. The van der Waals surface area contributed by atoms with Crippen molar-refractivity contribution in [2.45, 2.75) is 0 Å². The molecule has 0 amide bonds. The smallest absolute Gasteiger partial charge is 0.337 e. The zero-order valence-electron chi connectivity index (χ0n) is 20.8. The van der Waals surface area contributed by atoms with Gasteiger partial charge in [-0.05, 0) is 33.4 Å². The summed E-state index contributed by atoms with van der Waals surface area (Å²) in [6.07, 6.45) is 0. The van der Waals surface area contributed by atoms with Crippen LogP contribution in [0.25, 0.3) is 0 Å². The summed E-state index contributed by atoms with van der Waals surface area (Å²) in [6, 6.07) is 0. The first-order valence-corrected chi connectivity index (χ1v) is 10.6. The number of carboxylic acids is 6. The van der Waals surface area contributed by atoms with Gasteiger partial charge in [-0.25, -0.2) is 19.2 Å². The first-order valence-electron chi connectivity index (χ1n) is 10.6. The molecule has 0 aromatic rings. The number of hydrogen-bond donors (Lipinski definition) is 8. The molecule has 2 atom stereocenters. The molecule has 0 saturated heterocycles. The lowest BCUT2D eigenvalue weighted by molar-refractivity contribution is -0.140. The van der Waals surface area contributed by atoms with Gasteiger partial charge < -0.3 is 40.9 Å². The molecule has 0 saturated carbocycles. The maximum absolute atomic E-state index is 11.1. The third-order valence-electron chi connectivity index (χ3n) is 5.36. The van der Waals surface area contributed by atoms with Crippen molar-refractivity contribution < 1.29 is 69.6 Å². The van der Waals surface area contributed by atoms with E-state index in [4.69, 9.17) is 40.9 Å². The number of aliphatic hydroxyl groups is 2. The molecule has 0 bridgehead atoms. The van der Waals surface area contributed by atoms with Gasteiger partial charge in [0.2, 0.25) is 0 Å².